The maximum Gasteiger partial charge on any atom is 0.0502 e. The van der Waals surface area contributed by atoms with Crippen LogP contribution in [-0.2, 0) is 0 Å². The Balaban J connectivity index is 2.09. The first-order valence-electron chi connectivity index (χ1n) is 5.75. The van der Waals surface area contributed by atoms with Gasteiger partial charge < -0.3 is 4.98 Å². The van der Waals surface area contributed by atoms with Gasteiger partial charge in [-0.3, -0.25) is 0 Å². The molecule has 1 aliphatic heterocycles. The summed E-state index contributed by atoms with van der Waals surface area (Å²) in [6.07, 6.45) is 4.42. The summed E-state index contributed by atoms with van der Waals surface area (Å²) in [5.74, 6) is 0.617. The van der Waals surface area contributed by atoms with E-state index in [1.54, 1.807) is 0 Å². The molecule has 1 N–H and O–H groups in total. The van der Waals surface area contributed by atoms with Gasteiger partial charge in [0, 0.05) is 30.2 Å². The second-order valence-electron chi connectivity index (χ2n) is 4.35. The van der Waals surface area contributed by atoms with Crippen molar-refractivity contribution in [1.29, 1.82) is 0 Å². The van der Waals surface area contributed by atoms with Crippen LogP contribution in [0.2, 0.25) is 5.02 Å². The summed E-state index contributed by atoms with van der Waals surface area (Å²) < 4.78 is 0. The van der Waals surface area contributed by atoms with Gasteiger partial charge in [-0.15, -0.1) is 0 Å². The van der Waals surface area contributed by atoms with Crippen LogP contribution in [0.5, 0.6) is 0 Å². The summed E-state index contributed by atoms with van der Waals surface area (Å²) in [6.45, 7) is 1.98. The van der Waals surface area contributed by atoms with Crippen LogP contribution in [-0.4, -0.2) is 18.1 Å². The van der Waals surface area contributed by atoms with Gasteiger partial charge in [-0.1, -0.05) is 17.7 Å². The van der Waals surface area contributed by atoms with Crippen molar-refractivity contribution in [2.24, 2.45) is 0 Å². The van der Waals surface area contributed by atoms with E-state index in [4.69, 9.17) is 11.6 Å². The summed E-state index contributed by atoms with van der Waals surface area (Å²) >= 11 is 6.28. The molecule has 0 atom stereocenters. The monoisotopic (exact) mass is 233 g/mol. The van der Waals surface area contributed by atoms with E-state index in [1.807, 2.05) is 12.1 Å². The first-order chi connectivity index (χ1) is 7.86. The number of aromatic amines is 1. The largest absolute Gasteiger partial charge is 0.361 e. The summed E-state index contributed by atoms with van der Waals surface area (Å²) in [5.41, 5.74) is 2.51. The third-order valence-corrected chi connectivity index (χ3v) is 3.71. The quantitative estimate of drug-likeness (QED) is 0.784. The predicted molar refractivity (Wildman–Crippen MR) is 67.2 cm³/mol. The number of piperidine rings is 1. The zero-order valence-electron chi connectivity index (χ0n) is 9.04. The lowest BCUT2D eigenvalue weighted by Gasteiger charge is -2.21. The zero-order chi connectivity index (χ0) is 11.0. The zero-order valence-corrected chi connectivity index (χ0v) is 9.80. The number of H-pyrrole nitrogens is 1. The molecule has 0 unspecified atom stereocenters. The van der Waals surface area contributed by atoms with E-state index in [-0.39, 0.29) is 0 Å². The lowest BCUT2D eigenvalue weighted by atomic mass is 9.90. The standard InChI is InChI=1S/C13H14ClN2/c14-11-2-1-3-12-13(11)10(8-16-12)9-4-6-15-7-5-9/h1-3,8-9,16H,4-7H2. The highest BCUT2D eigenvalue weighted by Gasteiger charge is 2.19. The Morgan fingerprint density at radius 2 is 2.06 bits per heavy atom. The van der Waals surface area contributed by atoms with Gasteiger partial charge in [0.2, 0.25) is 0 Å². The van der Waals surface area contributed by atoms with E-state index in [9.17, 15) is 0 Å². The molecule has 2 heterocycles. The van der Waals surface area contributed by atoms with Gasteiger partial charge in [0.25, 0.3) is 0 Å². The van der Waals surface area contributed by atoms with Gasteiger partial charge in [-0.2, -0.15) is 0 Å². The van der Waals surface area contributed by atoms with Gasteiger partial charge in [0.15, 0.2) is 0 Å². The van der Waals surface area contributed by atoms with Crippen LogP contribution in [0.4, 0.5) is 0 Å². The van der Waals surface area contributed by atoms with Crippen LogP contribution in [0.15, 0.2) is 24.4 Å². The van der Waals surface area contributed by atoms with E-state index >= 15 is 0 Å². The molecule has 1 radical (unpaired) electrons. The van der Waals surface area contributed by atoms with E-state index in [2.05, 4.69) is 22.6 Å². The van der Waals surface area contributed by atoms with Crippen molar-refractivity contribution in [3.05, 3.63) is 35.0 Å². The molecule has 0 aliphatic carbocycles. The first kappa shape index (κ1) is 10.2. The second kappa shape index (κ2) is 4.11. The molecule has 16 heavy (non-hydrogen) atoms. The Kier molecular flexibility index (Phi) is 2.62. The molecule has 3 rings (SSSR count). The number of hydrogen-bond donors (Lipinski definition) is 1. The van der Waals surface area contributed by atoms with E-state index in [0.717, 1.165) is 36.5 Å². The highest BCUT2D eigenvalue weighted by atomic mass is 35.5. The van der Waals surface area contributed by atoms with Crippen molar-refractivity contribution in [1.82, 2.24) is 10.3 Å². The number of halogens is 1. The molecule has 2 nitrogen and oxygen atoms in total. The lowest BCUT2D eigenvalue weighted by Crippen LogP contribution is -2.20. The minimum atomic E-state index is 0.617. The summed E-state index contributed by atoms with van der Waals surface area (Å²) in [6, 6.07) is 6.04. The Morgan fingerprint density at radius 3 is 2.88 bits per heavy atom. The third kappa shape index (κ3) is 1.62. The minimum Gasteiger partial charge on any atom is -0.361 e. The van der Waals surface area contributed by atoms with Crippen LogP contribution < -0.4 is 5.32 Å². The smallest absolute Gasteiger partial charge is 0.0502 e. The SMILES string of the molecule is Clc1cccc2[nH]cc(C3CC[N]CC3)c12. The third-order valence-electron chi connectivity index (χ3n) is 3.40. The molecular formula is C13H14ClN2. The Labute approximate surface area is 100.0 Å². The fourth-order valence-electron chi connectivity index (χ4n) is 2.55. The summed E-state index contributed by atoms with van der Waals surface area (Å²) in [5, 5.41) is 6.46. The molecule has 1 saturated heterocycles. The van der Waals surface area contributed by atoms with Crippen molar-refractivity contribution < 1.29 is 0 Å². The fourth-order valence-corrected chi connectivity index (χ4v) is 2.83. The average Bonchev–Trinajstić information content (AvgIpc) is 2.75. The van der Waals surface area contributed by atoms with E-state index < -0.39 is 0 Å². The molecule has 1 aliphatic rings. The molecule has 1 fully saturated rings. The average molecular weight is 234 g/mol. The van der Waals surface area contributed by atoms with Crippen LogP contribution >= 0.6 is 11.6 Å². The van der Waals surface area contributed by atoms with Crippen molar-refractivity contribution >= 4 is 22.5 Å². The summed E-state index contributed by atoms with van der Waals surface area (Å²) in [7, 11) is 0. The van der Waals surface area contributed by atoms with Gasteiger partial charge in [-0.25, -0.2) is 5.32 Å². The molecule has 0 spiro atoms. The van der Waals surface area contributed by atoms with Crippen molar-refractivity contribution in [3.63, 3.8) is 0 Å². The van der Waals surface area contributed by atoms with Crippen molar-refractivity contribution in [3.8, 4) is 0 Å². The number of nitrogens with zero attached hydrogens (tertiary/aromatic N) is 1. The van der Waals surface area contributed by atoms with Crippen molar-refractivity contribution in [2.75, 3.05) is 13.1 Å². The highest BCUT2D eigenvalue weighted by Crippen LogP contribution is 2.35. The minimum absolute atomic E-state index is 0.617. The molecule has 83 valence electrons. The van der Waals surface area contributed by atoms with E-state index in [0.29, 0.717) is 5.92 Å². The predicted octanol–water partition coefficient (Wildman–Crippen LogP) is 3.30. The Morgan fingerprint density at radius 1 is 1.25 bits per heavy atom. The molecule has 0 amide bonds. The number of rotatable bonds is 1. The fraction of sp³-hybridized carbons (Fsp3) is 0.385. The number of benzene rings is 1. The first-order valence-corrected chi connectivity index (χ1v) is 6.13. The van der Waals surface area contributed by atoms with Crippen molar-refractivity contribution in [2.45, 2.75) is 18.8 Å². The van der Waals surface area contributed by atoms with Crippen LogP contribution in [0.1, 0.15) is 24.3 Å². The lowest BCUT2D eigenvalue weighted by molar-refractivity contribution is 0.455. The number of aromatic nitrogens is 1. The summed E-state index contributed by atoms with van der Waals surface area (Å²) in [4.78, 5) is 3.31. The molecule has 3 heteroatoms. The Hall–Kier alpha value is -0.990. The molecule has 0 saturated carbocycles. The maximum absolute atomic E-state index is 6.28. The maximum atomic E-state index is 6.28. The normalized spacial score (nSPS) is 18.1. The molecule has 1 aromatic carbocycles. The second-order valence-corrected chi connectivity index (χ2v) is 4.76. The molecular weight excluding hydrogens is 220 g/mol. The van der Waals surface area contributed by atoms with Gasteiger partial charge in [-0.05, 0) is 36.5 Å². The molecule has 0 bridgehead atoms. The van der Waals surface area contributed by atoms with Crippen LogP contribution in [0.3, 0.4) is 0 Å². The van der Waals surface area contributed by atoms with Gasteiger partial charge >= 0.3 is 0 Å². The van der Waals surface area contributed by atoms with Gasteiger partial charge in [0.05, 0.1) is 5.02 Å². The topological polar surface area (TPSA) is 29.9 Å². The number of fused-ring (bicyclic) bond motifs is 1. The highest BCUT2D eigenvalue weighted by molar-refractivity contribution is 6.35. The van der Waals surface area contributed by atoms with Gasteiger partial charge in [0.1, 0.15) is 0 Å². The van der Waals surface area contributed by atoms with E-state index in [1.165, 1.54) is 10.9 Å². The Bertz CT molecular complexity index is 498. The molecule has 1 aromatic heterocycles. The number of hydrogen-bond acceptors (Lipinski definition) is 0. The number of nitrogens with one attached hydrogen (secondary N) is 1. The molecule has 2 aromatic rings. The van der Waals surface area contributed by atoms with Crippen LogP contribution in [0.25, 0.3) is 10.9 Å². The van der Waals surface area contributed by atoms with Crippen LogP contribution in [0, 0.1) is 0 Å².